The number of ether oxygens (including phenoxy) is 1. The van der Waals surface area contributed by atoms with Gasteiger partial charge >= 0.3 is 0 Å². The Hall–Kier alpha value is -1.10. The van der Waals surface area contributed by atoms with Crippen LogP contribution in [0.25, 0.3) is 0 Å². The van der Waals surface area contributed by atoms with Gasteiger partial charge in [0.25, 0.3) is 0 Å². The highest BCUT2D eigenvalue weighted by molar-refractivity contribution is 5.88. The molecule has 0 unspecified atom stereocenters. The van der Waals surface area contributed by atoms with Crippen LogP contribution in [0.2, 0.25) is 0 Å². The minimum absolute atomic E-state index is 0.246. The van der Waals surface area contributed by atoms with E-state index in [1.807, 2.05) is 0 Å². The molecule has 3 N–H and O–H groups in total. The molecule has 0 radical (unpaired) electrons. The minimum atomic E-state index is -0.628. The van der Waals surface area contributed by atoms with Crippen LogP contribution in [0.5, 0.6) is 0 Å². The van der Waals surface area contributed by atoms with E-state index >= 15 is 0 Å². The fraction of sp³-hybridized carbons (Fsp3) is 0.750. The van der Waals surface area contributed by atoms with E-state index in [-0.39, 0.29) is 5.91 Å². The molecule has 74 valence electrons. The Morgan fingerprint density at radius 1 is 1.62 bits per heavy atom. The van der Waals surface area contributed by atoms with Crippen LogP contribution in [0.1, 0.15) is 19.8 Å². The minimum Gasteiger partial charge on any atom is -0.368 e. The van der Waals surface area contributed by atoms with E-state index in [4.69, 9.17) is 10.5 Å². The van der Waals surface area contributed by atoms with Crippen molar-refractivity contribution >= 4 is 11.8 Å². The molecule has 0 aromatic heterocycles. The molecular weight excluding hydrogens is 172 g/mol. The molecule has 0 saturated carbocycles. The molecule has 0 spiro atoms. The van der Waals surface area contributed by atoms with Gasteiger partial charge < -0.3 is 15.8 Å². The zero-order valence-electron chi connectivity index (χ0n) is 7.58. The third-order valence-corrected chi connectivity index (χ3v) is 2.01. The first-order valence-corrected chi connectivity index (χ1v) is 4.32. The van der Waals surface area contributed by atoms with Gasteiger partial charge in [-0.05, 0) is 19.8 Å². The second-order valence-corrected chi connectivity index (χ2v) is 3.13. The fourth-order valence-corrected chi connectivity index (χ4v) is 1.16. The SMILES string of the molecule is C[C@H](NC(=O)[C@H]1CCCO1)C(N)=O. The lowest BCUT2D eigenvalue weighted by molar-refractivity contribution is -0.133. The van der Waals surface area contributed by atoms with Gasteiger partial charge in [0, 0.05) is 6.61 Å². The van der Waals surface area contributed by atoms with Gasteiger partial charge in [0.1, 0.15) is 12.1 Å². The molecule has 1 rings (SSSR count). The summed E-state index contributed by atoms with van der Waals surface area (Å²) in [5, 5.41) is 2.48. The molecule has 0 aromatic rings. The van der Waals surface area contributed by atoms with E-state index in [0.717, 1.165) is 12.8 Å². The summed E-state index contributed by atoms with van der Waals surface area (Å²) in [5.74, 6) is -0.782. The van der Waals surface area contributed by atoms with Crippen molar-refractivity contribution in [1.82, 2.24) is 5.32 Å². The van der Waals surface area contributed by atoms with Crippen LogP contribution >= 0.6 is 0 Å². The molecule has 1 saturated heterocycles. The average molecular weight is 186 g/mol. The van der Waals surface area contributed by atoms with Gasteiger partial charge in [-0.25, -0.2) is 0 Å². The van der Waals surface area contributed by atoms with E-state index < -0.39 is 18.1 Å². The van der Waals surface area contributed by atoms with Crippen molar-refractivity contribution in [2.24, 2.45) is 5.73 Å². The second kappa shape index (κ2) is 4.23. The van der Waals surface area contributed by atoms with Crippen molar-refractivity contribution in [1.29, 1.82) is 0 Å². The number of hydrogen-bond acceptors (Lipinski definition) is 3. The van der Waals surface area contributed by atoms with Crippen LogP contribution in [-0.2, 0) is 14.3 Å². The van der Waals surface area contributed by atoms with Crippen molar-refractivity contribution in [3.05, 3.63) is 0 Å². The Balaban J connectivity index is 2.35. The first-order chi connectivity index (χ1) is 6.11. The smallest absolute Gasteiger partial charge is 0.249 e. The molecule has 1 aliphatic rings. The van der Waals surface area contributed by atoms with Gasteiger partial charge in [-0.15, -0.1) is 0 Å². The lowest BCUT2D eigenvalue weighted by Gasteiger charge is -2.13. The Labute approximate surface area is 76.6 Å². The van der Waals surface area contributed by atoms with Gasteiger partial charge in [-0.1, -0.05) is 0 Å². The molecule has 0 aromatic carbocycles. The largest absolute Gasteiger partial charge is 0.368 e. The van der Waals surface area contributed by atoms with Crippen molar-refractivity contribution in [2.45, 2.75) is 31.9 Å². The lowest BCUT2D eigenvalue weighted by Crippen LogP contribution is -2.46. The van der Waals surface area contributed by atoms with Gasteiger partial charge in [-0.2, -0.15) is 0 Å². The molecule has 2 atom stereocenters. The number of nitrogens with two attached hydrogens (primary N) is 1. The Morgan fingerprint density at radius 2 is 2.31 bits per heavy atom. The fourth-order valence-electron chi connectivity index (χ4n) is 1.16. The molecule has 0 aliphatic carbocycles. The number of rotatable bonds is 3. The lowest BCUT2D eigenvalue weighted by atomic mass is 10.2. The van der Waals surface area contributed by atoms with E-state index in [9.17, 15) is 9.59 Å². The van der Waals surface area contributed by atoms with Gasteiger partial charge in [-0.3, -0.25) is 9.59 Å². The van der Waals surface area contributed by atoms with Crippen LogP contribution in [0.15, 0.2) is 0 Å². The number of amides is 2. The van der Waals surface area contributed by atoms with Gasteiger partial charge in [0.2, 0.25) is 11.8 Å². The van der Waals surface area contributed by atoms with Gasteiger partial charge in [0.15, 0.2) is 0 Å². The maximum Gasteiger partial charge on any atom is 0.249 e. The third-order valence-electron chi connectivity index (χ3n) is 2.01. The highest BCUT2D eigenvalue weighted by Crippen LogP contribution is 2.11. The van der Waals surface area contributed by atoms with Crippen molar-refractivity contribution in [2.75, 3.05) is 6.61 Å². The van der Waals surface area contributed by atoms with Crippen LogP contribution in [0.3, 0.4) is 0 Å². The molecule has 5 heteroatoms. The molecule has 1 fully saturated rings. The first kappa shape index (κ1) is 9.98. The summed E-state index contributed by atoms with van der Waals surface area (Å²) in [7, 11) is 0. The van der Waals surface area contributed by atoms with Crippen LogP contribution in [0, 0.1) is 0 Å². The summed E-state index contributed by atoms with van der Waals surface area (Å²) < 4.78 is 5.13. The highest BCUT2D eigenvalue weighted by atomic mass is 16.5. The summed E-state index contributed by atoms with van der Waals surface area (Å²) in [6.45, 7) is 2.16. The molecule has 5 nitrogen and oxygen atoms in total. The Bertz CT molecular complexity index is 211. The topological polar surface area (TPSA) is 81.4 Å². The van der Waals surface area contributed by atoms with Crippen LogP contribution < -0.4 is 11.1 Å². The molecule has 1 heterocycles. The number of nitrogens with one attached hydrogen (secondary N) is 1. The third kappa shape index (κ3) is 2.69. The average Bonchev–Trinajstić information content (AvgIpc) is 2.55. The molecule has 0 bridgehead atoms. The summed E-state index contributed by atoms with van der Waals surface area (Å²) in [6, 6.07) is -0.628. The maximum absolute atomic E-state index is 11.3. The number of primary amides is 1. The highest BCUT2D eigenvalue weighted by Gasteiger charge is 2.25. The maximum atomic E-state index is 11.3. The summed E-state index contributed by atoms with van der Waals surface area (Å²) in [5.41, 5.74) is 4.99. The number of carbonyl (C=O) groups is 2. The first-order valence-electron chi connectivity index (χ1n) is 4.32. The Morgan fingerprint density at radius 3 is 2.77 bits per heavy atom. The molecule has 13 heavy (non-hydrogen) atoms. The zero-order valence-corrected chi connectivity index (χ0v) is 7.58. The van der Waals surface area contributed by atoms with Gasteiger partial charge in [0.05, 0.1) is 0 Å². The Kier molecular flexibility index (Phi) is 3.25. The van der Waals surface area contributed by atoms with Crippen LogP contribution in [-0.4, -0.2) is 30.6 Å². The normalized spacial score (nSPS) is 23.9. The summed E-state index contributed by atoms with van der Waals surface area (Å²) in [4.78, 5) is 21.9. The van der Waals surface area contributed by atoms with Crippen LogP contribution in [0.4, 0.5) is 0 Å². The second-order valence-electron chi connectivity index (χ2n) is 3.13. The van der Waals surface area contributed by atoms with E-state index in [1.54, 1.807) is 6.92 Å². The number of carbonyl (C=O) groups excluding carboxylic acids is 2. The molecule has 1 aliphatic heterocycles. The predicted molar refractivity (Wildman–Crippen MR) is 45.8 cm³/mol. The van der Waals surface area contributed by atoms with E-state index in [0.29, 0.717) is 6.61 Å². The predicted octanol–water partition coefficient (Wildman–Crippen LogP) is -0.845. The summed E-state index contributed by atoms with van der Waals surface area (Å²) >= 11 is 0. The molecule has 2 amide bonds. The summed E-state index contributed by atoms with van der Waals surface area (Å²) in [6.07, 6.45) is 1.21. The zero-order chi connectivity index (χ0) is 9.84. The van der Waals surface area contributed by atoms with Crippen molar-refractivity contribution in [3.63, 3.8) is 0 Å². The monoisotopic (exact) mass is 186 g/mol. The number of hydrogen-bond donors (Lipinski definition) is 2. The van der Waals surface area contributed by atoms with E-state index in [2.05, 4.69) is 5.32 Å². The van der Waals surface area contributed by atoms with E-state index in [1.165, 1.54) is 0 Å². The quantitative estimate of drug-likeness (QED) is 0.602. The van der Waals surface area contributed by atoms with Crippen molar-refractivity contribution < 1.29 is 14.3 Å². The standard InChI is InChI=1S/C8H14N2O3/c1-5(7(9)11)10-8(12)6-3-2-4-13-6/h5-6H,2-4H2,1H3,(H2,9,11)(H,10,12)/t5-,6+/m0/s1. The van der Waals surface area contributed by atoms with Crippen molar-refractivity contribution in [3.8, 4) is 0 Å². The molecular formula is C8H14N2O3.